The third-order valence-electron chi connectivity index (χ3n) is 2.21. The van der Waals surface area contributed by atoms with Crippen LogP contribution in [0.5, 0.6) is 0 Å². The fourth-order valence-corrected chi connectivity index (χ4v) is 2.16. The molecule has 0 saturated heterocycles. The van der Waals surface area contributed by atoms with Gasteiger partial charge in [0, 0.05) is 24.3 Å². The number of aryl methyl sites for hydroxylation is 1. The van der Waals surface area contributed by atoms with Crippen LogP contribution in [0.2, 0.25) is 5.02 Å². The fourth-order valence-electron chi connectivity index (χ4n) is 1.40. The van der Waals surface area contributed by atoms with Gasteiger partial charge in [0.2, 0.25) is 5.13 Å². The van der Waals surface area contributed by atoms with E-state index in [4.69, 9.17) is 11.6 Å². The molecule has 0 fully saturated rings. The molecule has 0 spiro atoms. The van der Waals surface area contributed by atoms with E-state index >= 15 is 0 Å². The summed E-state index contributed by atoms with van der Waals surface area (Å²) in [6.07, 6.45) is 1.44. The van der Waals surface area contributed by atoms with Crippen molar-refractivity contribution in [1.82, 2.24) is 14.3 Å². The van der Waals surface area contributed by atoms with Crippen LogP contribution in [0.1, 0.15) is 23.1 Å². The molecular weight excluding hydrogens is 286 g/mol. The Morgan fingerprint density at radius 2 is 2.32 bits per heavy atom. The van der Waals surface area contributed by atoms with Crippen LogP contribution in [0, 0.1) is 6.92 Å². The standard InChI is InChI=1S/C11H12ClN5OS/c1-3-13-9-4-7(8(12)5-14-9)10(18)16-11-15-6(2)17-19-11/h4-5H,3H2,1-2H3,(H,13,14)(H,15,16,17,18). The van der Waals surface area contributed by atoms with Crippen molar-refractivity contribution >= 4 is 40.0 Å². The maximum atomic E-state index is 12.1. The Bertz CT molecular complexity index is 601. The third kappa shape index (κ3) is 3.39. The molecule has 2 rings (SSSR count). The SMILES string of the molecule is CCNc1cc(C(=O)Nc2nc(C)ns2)c(Cl)cn1. The van der Waals surface area contributed by atoms with Crippen LogP contribution in [-0.4, -0.2) is 26.8 Å². The smallest absolute Gasteiger partial charge is 0.259 e. The monoisotopic (exact) mass is 297 g/mol. The Balaban J connectivity index is 2.20. The van der Waals surface area contributed by atoms with Crippen LogP contribution >= 0.6 is 23.1 Å². The van der Waals surface area contributed by atoms with Gasteiger partial charge in [0.1, 0.15) is 11.6 Å². The van der Waals surface area contributed by atoms with Gasteiger partial charge in [-0.05, 0) is 19.9 Å². The summed E-state index contributed by atoms with van der Waals surface area (Å²) in [6, 6.07) is 1.61. The molecule has 2 heterocycles. The van der Waals surface area contributed by atoms with Gasteiger partial charge in [-0.2, -0.15) is 4.37 Å². The van der Waals surface area contributed by atoms with E-state index < -0.39 is 0 Å². The van der Waals surface area contributed by atoms with Gasteiger partial charge in [0.15, 0.2) is 0 Å². The molecule has 2 N–H and O–H groups in total. The van der Waals surface area contributed by atoms with Crippen molar-refractivity contribution < 1.29 is 4.79 Å². The second kappa shape index (κ2) is 5.94. The summed E-state index contributed by atoms with van der Waals surface area (Å²) < 4.78 is 3.99. The average molecular weight is 298 g/mol. The van der Waals surface area contributed by atoms with E-state index in [1.165, 1.54) is 6.20 Å². The molecule has 19 heavy (non-hydrogen) atoms. The number of carbonyl (C=O) groups excluding carboxylic acids is 1. The van der Waals surface area contributed by atoms with E-state index in [1.807, 2.05) is 6.92 Å². The summed E-state index contributed by atoms with van der Waals surface area (Å²) in [4.78, 5) is 20.2. The van der Waals surface area contributed by atoms with Crippen LogP contribution in [0.4, 0.5) is 10.9 Å². The second-order valence-corrected chi connectivity index (χ2v) is 4.84. The van der Waals surface area contributed by atoms with Gasteiger partial charge in [-0.25, -0.2) is 9.97 Å². The molecule has 0 aliphatic heterocycles. The van der Waals surface area contributed by atoms with Crippen molar-refractivity contribution in [3.8, 4) is 0 Å². The van der Waals surface area contributed by atoms with Crippen molar-refractivity contribution in [3.05, 3.63) is 28.7 Å². The minimum atomic E-state index is -0.331. The molecule has 0 aromatic carbocycles. The maximum absolute atomic E-state index is 12.1. The Labute approximate surface area is 119 Å². The average Bonchev–Trinajstić information content (AvgIpc) is 2.77. The number of anilines is 2. The van der Waals surface area contributed by atoms with E-state index in [0.717, 1.165) is 11.5 Å². The molecule has 6 nitrogen and oxygen atoms in total. The van der Waals surface area contributed by atoms with Crippen LogP contribution < -0.4 is 10.6 Å². The first-order valence-corrected chi connectivity index (χ1v) is 6.76. The quantitative estimate of drug-likeness (QED) is 0.906. The van der Waals surface area contributed by atoms with E-state index in [-0.39, 0.29) is 5.91 Å². The molecule has 2 aromatic rings. The number of nitrogens with zero attached hydrogens (tertiary/aromatic N) is 3. The van der Waals surface area contributed by atoms with Crippen LogP contribution in [0.15, 0.2) is 12.3 Å². The van der Waals surface area contributed by atoms with Crippen molar-refractivity contribution in [2.24, 2.45) is 0 Å². The highest BCUT2D eigenvalue weighted by molar-refractivity contribution is 7.09. The third-order valence-corrected chi connectivity index (χ3v) is 3.23. The molecule has 1 amide bonds. The molecule has 8 heteroatoms. The summed E-state index contributed by atoms with van der Waals surface area (Å²) >= 11 is 7.10. The predicted octanol–water partition coefficient (Wildman–Crippen LogP) is 2.58. The van der Waals surface area contributed by atoms with E-state index in [9.17, 15) is 4.79 Å². The number of hydrogen-bond acceptors (Lipinski definition) is 6. The van der Waals surface area contributed by atoms with E-state index in [1.54, 1.807) is 13.0 Å². The molecule has 0 unspecified atom stereocenters. The number of amides is 1. The van der Waals surface area contributed by atoms with Crippen LogP contribution in [0.3, 0.4) is 0 Å². The number of hydrogen-bond donors (Lipinski definition) is 2. The van der Waals surface area contributed by atoms with Crippen molar-refractivity contribution in [2.75, 3.05) is 17.2 Å². The van der Waals surface area contributed by atoms with Gasteiger partial charge in [0.25, 0.3) is 5.91 Å². The maximum Gasteiger partial charge on any atom is 0.259 e. The Morgan fingerprint density at radius 3 is 2.95 bits per heavy atom. The fraction of sp³-hybridized carbons (Fsp3) is 0.273. The summed E-state index contributed by atoms with van der Waals surface area (Å²) in [6.45, 7) is 4.42. The zero-order chi connectivity index (χ0) is 13.8. The zero-order valence-electron chi connectivity index (χ0n) is 10.4. The number of halogens is 1. The van der Waals surface area contributed by atoms with Gasteiger partial charge in [-0.1, -0.05) is 11.6 Å². The number of rotatable bonds is 4. The van der Waals surface area contributed by atoms with Crippen LogP contribution in [-0.2, 0) is 0 Å². The van der Waals surface area contributed by atoms with E-state index in [2.05, 4.69) is 25.0 Å². The molecule has 100 valence electrons. The van der Waals surface area contributed by atoms with E-state index in [0.29, 0.717) is 33.9 Å². The Morgan fingerprint density at radius 1 is 1.53 bits per heavy atom. The number of aromatic nitrogens is 3. The number of pyridine rings is 1. The first-order chi connectivity index (χ1) is 9.10. The number of nitrogens with one attached hydrogen (secondary N) is 2. The number of carbonyl (C=O) groups is 1. The first-order valence-electron chi connectivity index (χ1n) is 5.61. The van der Waals surface area contributed by atoms with Crippen molar-refractivity contribution in [1.29, 1.82) is 0 Å². The van der Waals surface area contributed by atoms with Gasteiger partial charge < -0.3 is 5.32 Å². The Hall–Kier alpha value is -1.73. The molecule has 0 aliphatic rings. The van der Waals surface area contributed by atoms with Gasteiger partial charge >= 0.3 is 0 Å². The minimum absolute atomic E-state index is 0.292. The first kappa shape index (κ1) is 13.7. The lowest BCUT2D eigenvalue weighted by Gasteiger charge is -2.07. The molecule has 0 aliphatic carbocycles. The Kier molecular flexibility index (Phi) is 4.28. The summed E-state index contributed by atoms with van der Waals surface area (Å²) in [5.41, 5.74) is 0.348. The van der Waals surface area contributed by atoms with Crippen molar-refractivity contribution in [2.45, 2.75) is 13.8 Å². The molecule has 0 atom stereocenters. The molecule has 0 saturated carbocycles. The molecular formula is C11H12ClN5OS. The second-order valence-electron chi connectivity index (χ2n) is 3.68. The highest BCUT2D eigenvalue weighted by Crippen LogP contribution is 2.20. The molecule has 0 bridgehead atoms. The van der Waals surface area contributed by atoms with Gasteiger partial charge in [-0.3, -0.25) is 10.1 Å². The summed E-state index contributed by atoms with van der Waals surface area (Å²) in [7, 11) is 0. The predicted molar refractivity (Wildman–Crippen MR) is 76.0 cm³/mol. The van der Waals surface area contributed by atoms with Crippen LogP contribution in [0.25, 0.3) is 0 Å². The molecule has 2 aromatic heterocycles. The summed E-state index contributed by atoms with van der Waals surface area (Å²) in [5.74, 6) is 0.891. The topological polar surface area (TPSA) is 79.8 Å². The summed E-state index contributed by atoms with van der Waals surface area (Å²) in [5, 5.41) is 6.41. The largest absolute Gasteiger partial charge is 0.370 e. The minimum Gasteiger partial charge on any atom is -0.370 e. The highest BCUT2D eigenvalue weighted by Gasteiger charge is 2.14. The molecule has 0 radical (unpaired) electrons. The zero-order valence-corrected chi connectivity index (χ0v) is 12.0. The lowest BCUT2D eigenvalue weighted by molar-refractivity contribution is 0.102. The van der Waals surface area contributed by atoms with Crippen molar-refractivity contribution in [3.63, 3.8) is 0 Å². The van der Waals surface area contributed by atoms with Gasteiger partial charge in [-0.15, -0.1) is 0 Å². The lowest BCUT2D eigenvalue weighted by Crippen LogP contribution is -2.13. The normalized spacial score (nSPS) is 10.3. The lowest BCUT2D eigenvalue weighted by atomic mass is 10.2. The van der Waals surface area contributed by atoms with Gasteiger partial charge in [0.05, 0.1) is 10.6 Å². The highest BCUT2D eigenvalue weighted by atomic mass is 35.5.